The summed E-state index contributed by atoms with van der Waals surface area (Å²) >= 11 is 0. The average molecular weight is 267 g/mol. The van der Waals surface area contributed by atoms with Crippen molar-refractivity contribution in [1.82, 2.24) is 4.90 Å². The summed E-state index contributed by atoms with van der Waals surface area (Å²) in [5.74, 6) is -0.108. The highest BCUT2D eigenvalue weighted by Gasteiger charge is 2.42. The van der Waals surface area contributed by atoms with E-state index in [1.54, 1.807) is 0 Å². The highest BCUT2D eigenvalue weighted by Crippen LogP contribution is 2.43. The van der Waals surface area contributed by atoms with E-state index in [0.29, 0.717) is 17.4 Å². The first-order chi connectivity index (χ1) is 8.80. The summed E-state index contributed by atoms with van der Waals surface area (Å²) < 4.78 is 0. The van der Waals surface area contributed by atoms with Gasteiger partial charge in [0.05, 0.1) is 5.92 Å². The van der Waals surface area contributed by atoms with Crippen LogP contribution in [0.2, 0.25) is 0 Å². The van der Waals surface area contributed by atoms with E-state index in [4.69, 9.17) is 0 Å². The Hall–Kier alpha value is -0.570. The third kappa shape index (κ3) is 3.13. The Morgan fingerprint density at radius 2 is 1.79 bits per heavy atom. The van der Waals surface area contributed by atoms with E-state index < -0.39 is 5.97 Å². The molecule has 3 atom stereocenters. The number of carboxylic acids is 1. The van der Waals surface area contributed by atoms with Gasteiger partial charge in [-0.2, -0.15) is 0 Å². The lowest BCUT2D eigenvalue weighted by Crippen LogP contribution is -2.52. The standard InChI is InChI=1S/C16H29NO2/c1-16(2,3)11-8-9-13(15(18)19)14(10-11)17(4)12-6-5-7-12/h11-14H,5-10H2,1-4H3,(H,18,19). The molecule has 0 aliphatic heterocycles. The zero-order valence-corrected chi connectivity index (χ0v) is 12.9. The summed E-state index contributed by atoms with van der Waals surface area (Å²) in [6, 6.07) is 0.867. The topological polar surface area (TPSA) is 40.5 Å². The second-order valence-corrected chi connectivity index (χ2v) is 7.64. The molecule has 0 aromatic heterocycles. The molecule has 0 bridgehead atoms. The fourth-order valence-electron chi connectivity index (χ4n) is 3.74. The lowest BCUT2D eigenvalue weighted by atomic mass is 9.67. The van der Waals surface area contributed by atoms with Crippen molar-refractivity contribution in [1.29, 1.82) is 0 Å². The SMILES string of the molecule is CN(C1CCC1)C1CC(C(C)(C)C)CCC1C(=O)O. The van der Waals surface area contributed by atoms with Gasteiger partial charge in [0, 0.05) is 12.1 Å². The van der Waals surface area contributed by atoms with Gasteiger partial charge in [-0.3, -0.25) is 9.69 Å². The van der Waals surface area contributed by atoms with E-state index in [9.17, 15) is 9.90 Å². The van der Waals surface area contributed by atoms with Crippen LogP contribution in [0.3, 0.4) is 0 Å². The fourth-order valence-corrected chi connectivity index (χ4v) is 3.74. The van der Waals surface area contributed by atoms with Crippen molar-refractivity contribution in [2.45, 2.75) is 71.4 Å². The number of hydrogen-bond acceptors (Lipinski definition) is 2. The second kappa shape index (κ2) is 5.43. The van der Waals surface area contributed by atoms with Crippen LogP contribution in [-0.4, -0.2) is 35.1 Å². The monoisotopic (exact) mass is 267 g/mol. The van der Waals surface area contributed by atoms with Crippen LogP contribution in [0, 0.1) is 17.3 Å². The van der Waals surface area contributed by atoms with Crippen molar-refractivity contribution in [2.24, 2.45) is 17.3 Å². The first-order valence-electron chi connectivity index (χ1n) is 7.75. The number of carbonyl (C=O) groups is 1. The maximum atomic E-state index is 11.5. The minimum atomic E-state index is -0.594. The lowest BCUT2D eigenvalue weighted by molar-refractivity contribution is -0.147. The molecule has 0 amide bonds. The lowest BCUT2D eigenvalue weighted by Gasteiger charge is -2.48. The number of nitrogens with zero attached hydrogens (tertiary/aromatic N) is 1. The Bertz CT molecular complexity index is 330. The van der Waals surface area contributed by atoms with Crippen molar-refractivity contribution in [3.63, 3.8) is 0 Å². The van der Waals surface area contributed by atoms with E-state index in [2.05, 4.69) is 32.7 Å². The summed E-state index contributed by atoms with van der Waals surface area (Å²) in [6.07, 6.45) is 6.77. The van der Waals surface area contributed by atoms with Gasteiger partial charge >= 0.3 is 5.97 Å². The maximum absolute atomic E-state index is 11.5. The molecule has 3 unspecified atom stereocenters. The fraction of sp³-hybridized carbons (Fsp3) is 0.938. The van der Waals surface area contributed by atoms with Crippen LogP contribution in [0.5, 0.6) is 0 Å². The molecule has 0 aromatic carbocycles. The molecule has 110 valence electrons. The quantitative estimate of drug-likeness (QED) is 0.852. The summed E-state index contributed by atoms with van der Waals surface area (Å²) in [5, 5.41) is 9.49. The highest BCUT2D eigenvalue weighted by molar-refractivity contribution is 5.71. The number of rotatable bonds is 3. The molecule has 0 radical (unpaired) electrons. The molecular formula is C16H29NO2. The van der Waals surface area contributed by atoms with Gasteiger partial charge in [-0.05, 0) is 50.5 Å². The molecule has 2 aliphatic carbocycles. The van der Waals surface area contributed by atoms with Gasteiger partial charge in [-0.25, -0.2) is 0 Å². The van der Waals surface area contributed by atoms with Gasteiger partial charge in [0.2, 0.25) is 0 Å². The van der Waals surface area contributed by atoms with E-state index in [0.717, 1.165) is 19.3 Å². The molecule has 1 N–H and O–H groups in total. The molecule has 2 rings (SSSR count). The Morgan fingerprint density at radius 1 is 1.16 bits per heavy atom. The zero-order chi connectivity index (χ0) is 14.2. The zero-order valence-electron chi connectivity index (χ0n) is 12.9. The van der Waals surface area contributed by atoms with E-state index >= 15 is 0 Å². The average Bonchev–Trinajstić information content (AvgIpc) is 2.24. The van der Waals surface area contributed by atoms with Gasteiger partial charge in [-0.15, -0.1) is 0 Å². The molecule has 19 heavy (non-hydrogen) atoms. The minimum Gasteiger partial charge on any atom is -0.481 e. The molecule has 3 heteroatoms. The van der Waals surface area contributed by atoms with Crippen LogP contribution < -0.4 is 0 Å². The summed E-state index contributed by atoms with van der Waals surface area (Å²) in [4.78, 5) is 13.9. The van der Waals surface area contributed by atoms with Gasteiger partial charge in [0.1, 0.15) is 0 Å². The predicted molar refractivity (Wildman–Crippen MR) is 77.1 cm³/mol. The maximum Gasteiger partial charge on any atom is 0.308 e. The number of carboxylic acid groups (broad SMARTS) is 1. The van der Waals surface area contributed by atoms with E-state index in [1.807, 2.05) is 0 Å². The van der Waals surface area contributed by atoms with Crippen molar-refractivity contribution in [2.75, 3.05) is 7.05 Å². The molecule has 2 aliphatic rings. The highest BCUT2D eigenvalue weighted by atomic mass is 16.4. The second-order valence-electron chi connectivity index (χ2n) is 7.64. The summed E-state index contributed by atoms with van der Waals surface area (Å²) in [7, 11) is 2.15. The summed E-state index contributed by atoms with van der Waals surface area (Å²) in [5.41, 5.74) is 0.294. The van der Waals surface area contributed by atoms with Crippen molar-refractivity contribution >= 4 is 5.97 Å². The molecule has 2 saturated carbocycles. The molecule has 0 aromatic rings. The molecule has 3 nitrogen and oxygen atoms in total. The van der Waals surface area contributed by atoms with Crippen molar-refractivity contribution < 1.29 is 9.90 Å². The first-order valence-corrected chi connectivity index (χ1v) is 7.75. The van der Waals surface area contributed by atoms with Crippen LogP contribution in [-0.2, 0) is 4.79 Å². The molecule has 0 saturated heterocycles. The van der Waals surface area contributed by atoms with Crippen LogP contribution >= 0.6 is 0 Å². The van der Waals surface area contributed by atoms with E-state index in [-0.39, 0.29) is 12.0 Å². The number of hydrogen-bond donors (Lipinski definition) is 1. The van der Waals surface area contributed by atoms with Gasteiger partial charge in [-0.1, -0.05) is 27.2 Å². The predicted octanol–water partition coefficient (Wildman–Crippen LogP) is 3.39. The Labute approximate surface area is 117 Å². The van der Waals surface area contributed by atoms with Crippen LogP contribution in [0.25, 0.3) is 0 Å². The van der Waals surface area contributed by atoms with E-state index in [1.165, 1.54) is 19.3 Å². The molecule has 0 heterocycles. The Kier molecular flexibility index (Phi) is 4.24. The third-order valence-corrected chi connectivity index (χ3v) is 5.53. The normalized spacial score (nSPS) is 33.2. The molecule has 0 spiro atoms. The van der Waals surface area contributed by atoms with Crippen LogP contribution in [0.1, 0.15) is 59.3 Å². The number of aliphatic carboxylic acids is 1. The third-order valence-electron chi connectivity index (χ3n) is 5.53. The van der Waals surface area contributed by atoms with Crippen LogP contribution in [0.4, 0.5) is 0 Å². The van der Waals surface area contributed by atoms with Crippen molar-refractivity contribution in [3.05, 3.63) is 0 Å². The first kappa shape index (κ1) is 14.8. The van der Waals surface area contributed by atoms with Gasteiger partial charge in [0.25, 0.3) is 0 Å². The summed E-state index contributed by atoms with van der Waals surface area (Å²) in [6.45, 7) is 6.87. The van der Waals surface area contributed by atoms with Crippen molar-refractivity contribution in [3.8, 4) is 0 Å². The Morgan fingerprint density at radius 3 is 2.21 bits per heavy atom. The minimum absolute atomic E-state index is 0.163. The van der Waals surface area contributed by atoms with Gasteiger partial charge in [0.15, 0.2) is 0 Å². The smallest absolute Gasteiger partial charge is 0.308 e. The van der Waals surface area contributed by atoms with Gasteiger partial charge < -0.3 is 5.11 Å². The molecule has 2 fully saturated rings. The molecular weight excluding hydrogens is 238 g/mol. The Balaban J connectivity index is 2.10. The van der Waals surface area contributed by atoms with Crippen LogP contribution in [0.15, 0.2) is 0 Å². The largest absolute Gasteiger partial charge is 0.481 e.